The highest BCUT2D eigenvalue weighted by atomic mass is 16.4. The zero-order chi connectivity index (χ0) is 18.6. The van der Waals surface area contributed by atoms with E-state index in [1.54, 1.807) is 49.5 Å². The maximum absolute atomic E-state index is 13.0. The quantitative estimate of drug-likeness (QED) is 0.545. The normalized spacial score (nSPS) is 14.0. The lowest BCUT2D eigenvalue weighted by atomic mass is 9.97. The third kappa shape index (κ3) is 2.10. The molecule has 26 heavy (non-hydrogen) atoms. The second-order valence-corrected chi connectivity index (χ2v) is 6.21. The summed E-state index contributed by atoms with van der Waals surface area (Å²) in [5.41, 5.74) is 7.81. The number of benzene rings is 2. The Hall–Kier alpha value is -3.61. The molecular formula is C19H15N3O4. The van der Waals surface area contributed by atoms with E-state index in [1.165, 1.54) is 4.57 Å². The number of anilines is 2. The molecule has 0 bridgehead atoms. The Morgan fingerprint density at radius 1 is 1.15 bits per heavy atom. The maximum atomic E-state index is 13.0. The first kappa shape index (κ1) is 15.9. The van der Waals surface area contributed by atoms with Gasteiger partial charge >= 0.3 is 5.97 Å². The van der Waals surface area contributed by atoms with Crippen molar-refractivity contribution in [3.63, 3.8) is 0 Å². The van der Waals surface area contributed by atoms with Crippen LogP contribution in [0, 0.1) is 0 Å². The van der Waals surface area contributed by atoms with Gasteiger partial charge in [0.1, 0.15) is 0 Å². The van der Waals surface area contributed by atoms with Crippen molar-refractivity contribution < 1.29 is 19.5 Å². The topological polar surface area (TPSA) is 106 Å². The monoisotopic (exact) mass is 349 g/mol. The van der Waals surface area contributed by atoms with Crippen LogP contribution in [0.1, 0.15) is 26.4 Å². The lowest BCUT2D eigenvalue weighted by molar-refractivity contribution is -0.117. The number of nitrogen functional groups attached to an aromatic ring is 1. The van der Waals surface area contributed by atoms with E-state index in [1.807, 2.05) is 0 Å². The molecule has 0 unspecified atom stereocenters. The van der Waals surface area contributed by atoms with Gasteiger partial charge < -0.3 is 15.4 Å². The molecule has 0 saturated heterocycles. The van der Waals surface area contributed by atoms with E-state index in [-0.39, 0.29) is 17.8 Å². The van der Waals surface area contributed by atoms with Gasteiger partial charge in [-0.25, -0.2) is 9.69 Å². The standard InChI is InChI=1S/C19H15N3O4/c1-21-14-7-6-11(20)9-13(14)16(17(21)19(25)26)22-15(23)8-10-4-2-3-5-12(10)18(22)24/h2-7,9H,8,20H2,1H3,(H,25,26). The minimum Gasteiger partial charge on any atom is -0.477 e. The Balaban J connectivity index is 2.04. The number of nitrogens with two attached hydrogens (primary N) is 1. The van der Waals surface area contributed by atoms with Gasteiger partial charge in [-0.2, -0.15) is 0 Å². The van der Waals surface area contributed by atoms with Crippen LogP contribution < -0.4 is 10.6 Å². The molecule has 0 aliphatic carbocycles. The number of carboxylic acid groups (broad SMARTS) is 1. The van der Waals surface area contributed by atoms with Gasteiger partial charge in [0.15, 0.2) is 5.69 Å². The lowest BCUT2D eigenvalue weighted by Gasteiger charge is -2.27. The van der Waals surface area contributed by atoms with Gasteiger partial charge in [0.05, 0.1) is 17.6 Å². The van der Waals surface area contributed by atoms with Crippen molar-refractivity contribution in [2.24, 2.45) is 7.05 Å². The maximum Gasteiger partial charge on any atom is 0.354 e. The average molecular weight is 349 g/mol. The van der Waals surface area contributed by atoms with Crippen molar-refractivity contribution in [1.29, 1.82) is 0 Å². The third-order valence-corrected chi connectivity index (χ3v) is 4.66. The Bertz CT molecular complexity index is 1110. The molecule has 7 nitrogen and oxygen atoms in total. The number of aromatic nitrogens is 1. The third-order valence-electron chi connectivity index (χ3n) is 4.66. The highest BCUT2D eigenvalue weighted by molar-refractivity contribution is 6.29. The molecule has 2 heterocycles. The molecular weight excluding hydrogens is 334 g/mol. The van der Waals surface area contributed by atoms with Crippen molar-refractivity contribution in [3.8, 4) is 0 Å². The molecule has 3 aromatic rings. The fourth-order valence-electron chi connectivity index (χ4n) is 3.50. The lowest BCUT2D eigenvalue weighted by Crippen LogP contribution is -2.43. The van der Waals surface area contributed by atoms with E-state index in [2.05, 4.69) is 0 Å². The number of carbonyl (C=O) groups is 3. The van der Waals surface area contributed by atoms with Crippen LogP contribution >= 0.6 is 0 Å². The summed E-state index contributed by atoms with van der Waals surface area (Å²) >= 11 is 0. The van der Waals surface area contributed by atoms with E-state index in [0.717, 1.165) is 4.90 Å². The molecule has 2 aromatic carbocycles. The zero-order valence-electron chi connectivity index (χ0n) is 13.9. The van der Waals surface area contributed by atoms with Gasteiger partial charge in [-0.15, -0.1) is 0 Å². The van der Waals surface area contributed by atoms with Crippen LogP contribution in [0.25, 0.3) is 10.9 Å². The van der Waals surface area contributed by atoms with Crippen LogP contribution in [0.2, 0.25) is 0 Å². The summed E-state index contributed by atoms with van der Waals surface area (Å²) in [6.07, 6.45) is 0.0275. The van der Waals surface area contributed by atoms with Gasteiger partial charge in [0.25, 0.3) is 5.91 Å². The van der Waals surface area contributed by atoms with Crippen LogP contribution in [-0.2, 0) is 18.3 Å². The largest absolute Gasteiger partial charge is 0.477 e. The van der Waals surface area contributed by atoms with Crippen molar-refractivity contribution in [1.82, 2.24) is 4.57 Å². The molecule has 0 atom stereocenters. The van der Waals surface area contributed by atoms with Gasteiger partial charge in [0.2, 0.25) is 5.91 Å². The first-order chi connectivity index (χ1) is 12.4. The Labute approximate surface area is 148 Å². The number of hydrogen-bond acceptors (Lipinski definition) is 4. The highest BCUT2D eigenvalue weighted by Crippen LogP contribution is 2.37. The Morgan fingerprint density at radius 2 is 1.88 bits per heavy atom. The summed E-state index contributed by atoms with van der Waals surface area (Å²) in [6.45, 7) is 0. The molecule has 0 radical (unpaired) electrons. The van der Waals surface area contributed by atoms with E-state index in [0.29, 0.717) is 27.7 Å². The molecule has 1 aliphatic rings. The molecule has 1 aromatic heterocycles. The predicted octanol–water partition coefficient (Wildman–Crippen LogP) is 2.19. The smallest absolute Gasteiger partial charge is 0.354 e. The second kappa shape index (κ2) is 5.45. The molecule has 0 spiro atoms. The Kier molecular flexibility index (Phi) is 3.33. The number of rotatable bonds is 2. The Morgan fingerprint density at radius 3 is 2.62 bits per heavy atom. The molecule has 1 aliphatic heterocycles. The molecule has 0 saturated carbocycles. The molecule has 3 N–H and O–H groups in total. The minimum absolute atomic E-state index is 0.0275. The average Bonchev–Trinajstić information content (AvgIpc) is 2.87. The summed E-state index contributed by atoms with van der Waals surface area (Å²) in [6, 6.07) is 11.7. The summed E-state index contributed by atoms with van der Waals surface area (Å²) in [5, 5.41) is 10.2. The van der Waals surface area contributed by atoms with Crippen LogP contribution in [0.4, 0.5) is 11.4 Å². The molecule has 7 heteroatoms. The molecule has 4 rings (SSSR count). The fourth-order valence-corrected chi connectivity index (χ4v) is 3.50. The number of carbonyl (C=O) groups excluding carboxylic acids is 2. The van der Waals surface area contributed by atoms with Gasteiger partial charge in [-0.3, -0.25) is 9.59 Å². The van der Waals surface area contributed by atoms with Crippen molar-refractivity contribution >= 4 is 40.1 Å². The van der Waals surface area contributed by atoms with E-state index < -0.39 is 17.8 Å². The first-order valence-corrected chi connectivity index (χ1v) is 7.96. The number of aryl methyl sites for hydroxylation is 1. The number of nitrogens with zero attached hydrogens (tertiary/aromatic N) is 2. The summed E-state index contributed by atoms with van der Waals surface area (Å²) in [4.78, 5) is 38.6. The van der Waals surface area contributed by atoms with E-state index in [4.69, 9.17) is 5.73 Å². The van der Waals surface area contributed by atoms with Gasteiger partial charge in [0, 0.05) is 23.7 Å². The van der Waals surface area contributed by atoms with Crippen LogP contribution in [0.5, 0.6) is 0 Å². The highest BCUT2D eigenvalue weighted by Gasteiger charge is 2.37. The van der Waals surface area contributed by atoms with Crippen LogP contribution in [0.15, 0.2) is 42.5 Å². The SMILES string of the molecule is Cn1c(C(=O)O)c(N2C(=O)Cc3ccccc3C2=O)c2cc(N)ccc21. The number of hydrogen-bond donors (Lipinski definition) is 2. The molecule has 130 valence electrons. The van der Waals surface area contributed by atoms with Crippen molar-refractivity contribution in [2.75, 3.05) is 10.6 Å². The number of amides is 2. The number of carboxylic acids is 1. The second-order valence-electron chi connectivity index (χ2n) is 6.21. The summed E-state index contributed by atoms with van der Waals surface area (Å²) in [7, 11) is 1.58. The van der Waals surface area contributed by atoms with Gasteiger partial charge in [-0.05, 0) is 29.8 Å². The summed E-state index contributed by atoms with van der Waals surface area (Å²) < 4.78 is 1.45. The number of fused-ring (bicyclic) bond motifs is 2. The van der Waals surface area contributed by atoms with Crippen LogP contribution in [0.3, 0.4) is 0 Å². The molecule has 0 fully saturated rings. The summed E-state index contributed by atoms with van der Waals surface area (Å²) in [5.74, 6) is -2.22. The first-order valence-electron chi connectivity index (χ1n) is 7.96. The zero-order valence-corrected chi connectivity index (χ0v) is 13.9. The van der Waals surface area contributed by atoms with Gasteiger partial charge in [-0.1, -0.05) is 18.2 Å². The predicted molar refractivity (Wildman–Crippen MR) is 96.3 cm³/mol. The van der Waals surface area contributed by atoms with Crippen LogP contribution in [-0.4, -0.2) is 27.5 Å². The van der Waals surface area contributed by atoms with E-state index >= 15 is 0 Å². The number of aromatic carboxylic acids is 1. The fraction of sp³-hybridized carbons (Fsp3) is 0.105. The minimum atomic E-state index is -1.23. The number of imide groups is 1. The van der Waals surface area contributed by atoms with Crippen molar-refractivity contribution in [2.45, 2.75) is 6.42 Å². The molecule has 2 amide bonds. The van der Waals surface area contributed by atoms with Crippen molar-refractivity contribution in [3.05, 3.63) is 59.3 Å². The van der Waals surface area contributed by atoms with E-state index in [9.17, 15) is 19.5 Å².